The zero-order chi connectivity index (χ0) is 19.8. The number of carboxylic acid groups (broad SMARTS) is 1. The Morgan fingerprint density at radius 2 is 1.96 bits per heavy atom. The first-order chi connectivity index (χ1) is 13.5. The summed E-state index contributed by atoms with van der Waals surface area (Å²) in [5, 5.41) is 11.1. The van der Waals surface area contributed by atoms with Crippen LogP contribution in [0.15, 0.2) is 24.3 Å². The number of rotatable bonds is 5. The molecule has 3 nitrogen and oxygen atoms in total. The van der Waals surface area contributed by atoms with Crippen molar-refractivity contribution in [2.24, 2.45) is 0 Å². The highest BCUT2D eigenvalue weighted by Crippen LogP contribution is 2.45. The van der Waals surface area contributed by atoms with E-state index in [1.54, 1.807) is 23.5 Å². The van der Waals surface area contributed by atoms with Crippen molar-refractivity contribution in [1.29, 1.82) is 0 Å². The number of nitrogens with zero attached hydrogens (tertiary/aromatic N) is 1. The molecule has 1 aromatic carbocycles. The Morgan fingerprint density at radius 3 is 2.64 bits per heavy atom. The molecule has 1 atom stereocenters. The van der Waals surface area contributed by atoms with Crippen LogP contribution in [0.4, 0.5) is 4.39 Å². The minimum absolute atomic E-state index is 0.289. The number of carboxylic acids is 1. The predicted octanol–water partition coefficient (Wildman–Crippen LogP) is 6.26. The van der Waals surface area contributed by atoms with Crippen LogP contribution in [0.3, 0.4) is 0 Å². The summed E-state index contributed by atoms with van der Waals surface area (Å²) in [7, 11) is 0. The molecule has 146 valence electrons. The summed E-state index contributed by atoms with van der Waals surface area (Å²) in [5.74, 6) is -1.72. The molecule has 0 amide bonds. The number of aliphatic carboxylic acids is 1. The summed E-state index contributed by atoms with van der Waals surface area (Å²) in [5.41, 5.74) is 4.70. The minimum atomic E-state index is -0.821. The van der Waals surface area contributed by atoms with E-state index < -0.39 is 11.9 Å². The van der Waals surface area contributed by atoms with Crippen LogP contribution in [0, 0.1) is 12.7 Å². The number of pyridine rings is 1. The predicted molar refractivity (Wildman–Crippen MR) is 112 cm³/mol. The van der Waals surface area contributed by atoms with Crippen molar-refractivity contribution in [2.45, 2.75) is 58.3 Å². The molecule has 3 aromatic rings. The number of hydrogen-bond acceptors (Lipinski definition) is 3. The summed E-state index contributed by atoms with van der Waals surface area (Å²) in [6, 6.07) is 6.44. The van der Waals surface area contributed by atoms with E-state index in [1.165, 1.54) is 29.0 Å². The molecule has 0 saturated heterocycles. The van der Waals surface area contributed by atoms with Crippen LogP contribution in [0.25, 0.3) is 21.3 Å². The lowest BCUT2D eigenvalue weighted by molar-refractivity contribution is -0.139. The number of hydrogen-bond donors (Lipinski definition) is 1. The number of thiophene rings is 1. The normalized spacial score (nSPS) is 14.8. The van der Waals surface area contributed by atoms with Crippen molar-refractivity contribution in [1.82, 2.24) is 4.98 Å². The number of halogens is 1. The van der Waals surface area contributed by atoms with Crippen molar-refractivity contribution in [3.05, 3.63) is 51.8 Å². The molecule has 0 fully saturated rings. The molecule has 2 aromatic heterocycles. The molecule has 0 bridgehead atoms. The lowest BCUT2D eigenvalue weighted by Gasteiger charge is -2.21. The Bertz CT molecular complexity index is 1040. The Kier molecular flexibility index (Phi) is 5.19. The van der Waals surface area contributed by atoms with Gasteiger partial charge < -0.3 is 5.11 Å². The zero-order valence-corrected chi connectivity index (χ0v) is 17.0. The second kappa shape index (κ2) is 7.63. The molecule has 0 saturated carbocycles. The lowest BCUT2D eigenvalue weighted by Crippen LogP contribution is -2.15. The second-order valence-corrected chi connectivity index (χ2v) is 8.65. The van der Waals surface area contributed by atoms with Gasteiger partial charge in [-0.05, 0) is 73.4 Å². The maximum absolute atomic E-state index is 13.6. The Balaban J connectivity index is 2.09. The van der Waals surface area contributed by atoms with Crippen LogP contribution in [-0.4, -0.2) is 16.1 Å². The number of aromatic nitrogens is 1. The van der Waals surface area contributed by atoms with Gasteiger partial charge in [-0.3, -0.25) is 4.79 Å². The summed E-state index contributed by atoms with van der Waals surface area (Å²) in [4.78, 5) is 19.4. The molecule has 0 spiro atoms. The van der Waals surface area contributed by atoms with Gasteiger partial charge in [0.05, 0.1) is 5.92 Å². The average Bonchev–Trinajstić information content (AvgIpc) is 3.04. The van der Waals surface area contributed by atoms with Crippen LogP contribution in [0.1, 0.15) is 60.2 Å². The smallest absolute Gasteiger partial charge is 0.311 e. The topological polar surface area (TPSA) is 50.2 Å². The van der Waals surface area contributed by atoms with Gasteiger partial charge >= 0.3 is 5.97 Å². The molecule has 1 N–H and O–H groups in total. The molecule has 2 heterocycles. The maximum Gasteiger partial charge on any atom is 0.311 e. The Morgan fingerprint density at radius 1 is 1.25 bits per heavy atom. The third-order valence-electron chi connectivity index (χ3n) is 5.69. The van der Waals surface area contributed by atoms with E-state index in [-0.39, 0.29) is 5.82 Å². The van der Waals surface area contributed by atoms with Crippen LogP contribution >= 0.6 is 11.3 Å². The van der Waals surface area contributed by atoms with E-state index in [9.17, 15) is 14.3 Å². The third-order valence-corrected chi connectivity index (χ3v) is 6.87. The molecular formula is C23H24FNO2S. The van der Waals surface area contributed by atoms with Crippen molar-refractivity contribution in [3.63, 3.8) is 0 Å². The van der Waals surface area contributed by atoms with E-state index in [2.05, 4.69) is 0 Å². The van der Waals surface area contributed by atoms with Crippen LogP contribution in [-0.2, 0) is 17.6 Å². The number of benzene rings is 1. The van der Waals surface area contributed by atoms with Crippen molar-refractivity contribution in [2.75, 3.05) is 0 Å². The SMILES string of the molecule is CCCC(C(=O)O)c1c(C)nc2sc3c(c2c1-c1ccc(F)cc1)CCCC3. The number of aryl methyl sites for hydroxylation is 3. The lowest BCUT2D eigenvalue weighted by atomic mass is 9.83. The molecule has 1 aliphatic rings. The van der Waals surface area contributed by atoms with Gasteiger partial charge in [0, 0.05) is 16.0 Å². The van der Waals surface area contributed by atoms with Crippen LogP contribution in [0.5, 0.6) is 0 Å². The van der Waals surface area contributed by atoms with E-state index in [1.807, 2.05) is 13.8 Å². The third kappa shape index (κ3) is 3.22. The fourth-order valence-corrected chi connectivity index (χ4v) is 5.76. The van der Waals surface area contributed by atoms with Crippen molar-refractivity contribution in [3.8, 4) is 11.1 Å². The molecule has 28 heavy (non-hydrogen) atoms. The molecular weight excluding hydrogens is 373 g/mol. The molecule has 5 heteroatoms. The van der Waals surface area contributed by atoms with E-state index >= 15 is 0 Å². The molecule has 1 aliphatic carbocycles. The van der Waals surface area contributed by atoms with E-state index in [4.69, 9.17) is 4.98 Å². The first kappa shape index (κ1) is 19.1. The molecule has 0 aliphatic heterocycles. The second-order valence-electron chi connectivity index (χ2n) is 7.56. The summed E-state index contributed by atoms with van der Waals surface area (Å²) in [6.45, 7) is 3.91. The maximum atomic E-state index is 13.6. The van der Waals surface area contributed by atoms with Gasteiger partial charge in [-0.2, -0.15) is 0 Å². The van der Waals surface area contributed by atoms with Gasteiger partial charge in [-0.1, -0.05) is 25.5 Å². The van der Waals surface area contributed by atoms with Gasteiger partial charge in [0.15, 0.2) is 0 Å². The molecule has 4 rings (SSSR count). The number of carbonyl (C=O) groups is 1. The van der Waals surface area contributed by atoms with Crippen molar-refractivity contribution < 1.29 is 14.3 Å². The first-order valence-electron chi connectivity index (χ1n) is 9.94. The molecule has 1 unspecified atom stereocenters. The van der Waals surface area contributed by atoms with Gasteiger partial charge in [0.2, 0.25) is 0 Å². The highest BCUT2D eigenvalue weighted by Gasteiger charge is 2.30. The van der Waals surface area contributed by atoms with E-state index in [0.717, 1.165) is 58.3 Å². The van der Waals surface area contributed by atoms with Gasteiger partial charge in [0.25, 0.3) is 0 Å². The molecule has 0 radical (unpaired) electrons. The standard InChI is InChI=1S/C23H24FNO2S/c1-3-6-17(23(26)27)19-13(2)25-22-21(16-7-4-5-8-18(16)28-22)20(19)14-9-11-15(24)12-10-14/h9-12,17H,3-8H2,1-2H3,(H,26,27). The van der Waals surface area contributed by atoms with E-state index in [0.29, 0.717) is 6.42 Å². The van der Waals surface area contributed by atoms with Crippen LogP contribution in [0.2, 0.25) is 0 Å². The average molecular weight is 398 g/mol. The first-order valence-corrected chi connectivity index (χ1v) is 10.8. The summed E-state index contributed by atoms with van der Waals surface area (Å²) < 4.78 is 13.6. The minimum Gasteiger partial charge on any atom is -0.481 e. The van der Waals surface area contributed by atoms with Gasteiger partial charge in [-0.25, -0.2) is 9.37 Å². The monoisotopic (exact) mass is 397 g/mol. The quantitative estimate of drug-likeness (QED) is 0.553. The highest BCUT2D eigenvalue weighted by atomic mass is 32.1. The van der Waals surface area contributed by atoms with Crippen molar-refractivity contribution >= 4 is 27.5 Å². The fourth-order valence-electron chi connectivity index (χ4n) is 4.44. The Labute approximate surface area is 168 Å². The van der Waals surface area contributed by atoms with Gasteiger partial charge in [-0.15, -0.1) is 11.3 Å². The summed E-state index contributed by atoms with van der Waals surface area (Å²) >= 11 is 1.74. The fraction of sp³-hybridized carbons (Fsp3) is 0.391. The zero-order valence-electron chi connectivity index (χ0n) is 16.2. The largest absolute Gasteiger partial charge is 0.481 e. The van der Waals surface area contributed by atoms with Gasteiger partial charge in [0.1, 0.15) is 10.6 Å². The number of fused-ring (bicyclic) bond motifs is 3. The summed E-state index contributed by atoms with van der Waals surface area (Å²) in [6.07, 6.45) is 5.72. The van der Waals surface area contributed by atoms with Crippen LogP contribution < -0.4 is 0 Å². The Hall–Kier alpha value is -2.27. The highest BCUT2D eigenvalue weighted by molar-refractivity contribution is 7.19.